The first kappa shape index (κ1) is 26.7. The van der Waals surface area contributed by atoms with E-state index in [0.29, 0.717) is 12.0 Å². The topological polar surface area (TPSA) is 76.8 Å². The van der Waals surface area contributed by atoms with Gasteiger partial charge in [0.15, 0.2) is 0 Å². The van der Waals surface area contributed by atoms with E-state index in [4.69, 9.17) is 4.98 Å². The third kappa shape index (κ3) is 4.13. The van der Waals surface area contributed by atoms with Crippen molar-refractivity contribution < 1.29 is 15.1 Å². The number of hydrogen-bond acceptors (Lipinski definition) is 4. The minimum absolute atomic E-state index is 0.0124. The molecule has 2 aromatic heterocycles. The number of phenolic OH excluding ortho intramolecular Hbond substituents is 1. The first-order valence-corrected chi connectivity index (χ1v) is 16.5. The number of aromatic hydroxyl groups is 1. The molecule has 3 aromatic rings. The maximum absolute atomic E-state index is 13.1. The number of H-pyrrole nitrogens is 1. The van der Waals surface area contributed by atoms with Crippen LogP contribution in [0.1, 0.15) is 69.9 Å². The Balaban J connectivity index is 1.35. The predicted molar refractivity (Wildman–Crippen MR) is 168 cm³/mol. The number of hydrogen-bond donors (Lipinski definition) is 4. The van der Waals surface area contributed by atoms with E-state index in [0.717, 1.165) is 85.8 Å². The molecule has 2 unspecified atom stereocenters. The highest BCUT2D eigenvalue weighted by atomic mass is 16.3. The average Bonchev–Trinajstić information content (AvgIpc) is 3.50. The Kier molecular flexibility index (Phi) is 6.58. The monoisotopic (exact) mass is 565 g/mol. The van der Waals surface area contributed by atoms with Gasteiger partial charge in [-0.05, 0) is 107 Å². The van der Waals surface area contributed by atoms with Crippen LogP contribution in [0.5, 0.6) is 5.75 Å². The van der Waals surface area contributed by atoms with Gasteiger partial charge in [-0.3, -0.25) is 4.98 Å². The van der Waals surface area contributed by atoms with Gasteiger partial charge < -0.3 is 25.0 Å². The van der Waals surface area contributed by atoms with E-state index in [1.54, 1.807) is 11.0 Å². The van der Waals surface area contributed by atoms with E-state index in [1.807, 2.05) is 12.3 Å². The fourth-order valence-corrected chi connectivity index (χ4v) is 9.90. The first-order chi connectivity index (χ1) is 20.6. The van der Waals surface area contributed by atoms with Gasteiger partial charge in [0.25, 0.3) is 0 Å². The van der Waals surface area contributed by atoms with Gasteiger partial charge >= 0.3 is 0 Å². The summed E-state index contributed by atoms with van der Waals surface area (Å²) < 4.78 is 0. The highest BCUT2D eigenvalue weighted by Crippen LogP contribution is 2.57. The first-order valence-electron chi connectivity index (χ1n) is 16.5. The van der Waals surface area contributed by atoms with Crippen LogP contribution in [0.15, 0.2) is 60.8 Å². The SMILES string of the molecule is Oc1cccc2c1[nH]c1c(C3=C[C@@]4(O)CC/C=C\CCCCN5CC[C@@H]3[C@]3(C[C@@H]6/C=C\CCCC[NH+]6[C@H]34)C5)nccc12. The summed E-state index contributed by atoms with van der Waals surface area (Å²) >= 11 is 0. The van der Waals surface area contributed by atoms with E-state index in [9.17, 15) is 10.2 Å². The van der Waals surface area contributed by atoms with Gasteiger partial charge in [0, 0.05) is 29.9 Å². The van der Waals surface area contributed by atoms with Crippen LogP contribution in [-0.2, 0) is 0 Å². The number of pyridine rings is 1. The highest BCUT2D eigenvalue weighted by molar-refractivity contribution is 6.11. The molecule has 2 fully saturated rings. The van der Waals surface area contributed by atoms with Gasteiger partial charge in [0.2, 0.25) is 0 Å². The van der Waals surface area contributed by atoms with Crippen molar-refractivity contribution in [3.63, 3.8) is 0 Å². The second-order valence-corrected chi connectivity index (χ2v) is 13.8. The molecule has 5 aliphatic rings. The molecule has 8 rings (SSSR count). The molecule has 1 aromatic carbocycles. The molecule has 0 amide bonds. The van der Waals surface area contributed by atoms with Gasteiger partial charge in [-0.15, -0.1) is 0 Å². The molecule has 3 bridgehead atoms. The van der Waals surface area contributed by atoms with Crippen molar-refractivity contribution in [3.8, 4) is 5.75 Å². The number of fused-ring (bicyclic) bond motifs is 5. The number of aliphatic hydroxyl groups is 1. The molecule has 2 saturated heterocycles. The van der Waals surface area contributed by atoms with E-state index >= 15 is 0 Å². The highest BCUT2D eigenvalue weighted by Gasteiger charge is 2.68. The van der Waals surface area contributed by atoms with Crippen molar-refractivity contribution in [3.05, 3.63) is 66.5 Å². The second-order valence-electron chi connectivity index (χ2n) is 13.8. The predicted octanol–water partition coefficient (Wildman–Crippen LogP) is 5.14. The summed E-state index contributed by atoms with van der Waals surface area (Å²) in [6.07, 6.45) is 24.9. The minimum atomic E-state index is -0.914. The third-order valence-corrected chi connectivity index (χ3v) is 11.5. The van der Waals surface area contributed by atoms with Crippen LogP contribution in [-0.4, -0.2) is 68.9 Å². The van der Waals surface area contributed by atoms with Gasteiger partial charge in [0.1, 0.15) is 23.4 Å². The number of allylic oxidation sites excluding steroid dienone is 4. The molecule has 4 N–H and O–H groups in total. The summed E-state index contributed by atoms with van der Waals surface area (Å²) in [6, 6.07) is 8.42. The number of para-hydroxylation sites is 1. The summed E-state index contributed by atoms with van der Waals surface area (Å²) in [5, 5.41) is 25.9. The maximum atomic E-state index is 13.1. The number of rotatable bonds is 1. The van der Waals surface area contributed by atoms with E-state index in [1.165, 1.54) is 37.7 Å². The van der Waals surface area contributed by atoms with Gasteiger partial charge in [-0.1, -0.05) is 30.4 Å². The Morgan fingerprint density at radius 2 is 1.81 bits per heavy atom. The standard InChI is InChI=1S/C36H44N4O2/c41-30-14-11-13-26-27-15-18-37-32(33(27)38-31(26)30)28-23-36(42)17-8-4-1-2-5-9-19-39-21-16-29(28)35(24-39)22-25-12-7-3-6-10-20-40(25)34(35)36/h1,4,7,11-15,18,23,25,29,34,38,41-42H,2-3,5-6,8-10,16-17,19-22,24H2/p+1/b4-1-,12-7-/t25-,29-,34+,35-,36-/m0/s1. The zero-order valence-corrected chi connectivity index (χ0v) is 24.7. The van der Waals surface area contributed by atoms with Gasteiger partial charge in [0.05, 0.1) is 28.7 Å². The summed E-state index contributed by atoms with van der Waals surface area (Å²) in [5.74, 6) is 0.605. The van der Waals surface area contributed by atoms with Crippen molar-refractivity contribution in [2.45, 2.75) is 81.9 Å². The van der Waals surface area contributed by atoms with Crippen molar-refractivity contribution in [2.24, 2.45) is 11.3 Å². The largest absolute Gasteiger partial charge is 0.506 e. The minimum Gasteiger partial charge on any atom is -0.506 e. The molecule has 0 saturated carbocycles. The number of nitrogens with one attached hydrogen (secondary N) is 2. The van der Waals surface area contributed by atoms with Crippen LogP contribution < -0.4 is 4.90 Å². The molecule has 1 spiro atoms. The molecular weight excluding hydrogens is 520 g/mol. The quantitative estimate of drug-likeness (QED) is 0.308. The lowest BCUT2D eigenvalue weighted by molar-refractivity contribution is -0.940. The number of phenols is 1. The van der Waals surface area contributed by atoms with Gasteiger partial charge in [-0.2, -0.15) is 0 Å². The summed E-state index contributed by atoms with van der Waals surface area (Å²) in [4.78, 5) is 13.0. The van der Waals surface area contributed by atoms with Crippen LogP contribution in [0.2, 0.25) is 0 Å². The van der Waals surface area contributed by atoms with Gasteiger partial charge in [-0.25, -0.2) is 0 Å². The van der Waals surface area contributed by atoms with E-state index < -0.39 is 5.60 Å². The molecule has 0 radical (unpaired) electrons. The number of benzene rings is 1. The Labute approximate surface area is 248 Å². The van der Waals surface area contributed by atoms with Crippen molar-refractivity contribution >= 4 is 27.4 Å². The lowest BCUT2D eigenvalue weighted by Gasteiger charge is -2.55. The third-order valence-electron chi connectivity index (χ3n) is 11.5. The van der Waals surface area contributed by atoms with Crippen LogP contribution in [0.3, 0.4) is 0 Å². The fraction of sp³-hybridized carbons (Fsp3) is 0.528. The summed E-state index contributed by atoms with van der Waals surface area (Å²) in [5.41, 5.74) is 3.00. The van der Waals surface area contributed by atoms with Crippen molar-refractivity contribution in [1.82, 2.24) is 14.9 Å². The smallest absolute Gasteiger partial charge is 0.139 e. The molecule has 6 heterocycles. The van der Waals surface area contributed by atoms with E-state index in [-0.39, 0.29) is 17.2 Å². The molecule has 1 aliphatic carbocycles. The number of quaternary nitrogens is 1. The van der Waals surface area contributed by atoms with Crippen LogP contribution in [0.4, 0.5) is 0 Å². The van der Waals surface area contributed by atoms with E-state index in [2.05, 4.69) is 52.4 Å². The fourth-order valence-electron chi connectivity index (χ4n) is 9.90. The van der Waals surface area contributed by atoms with Crippen LogP contribution >= 0.6 is 0 Å². The molecule has 220 valence electrons. The summed E-state index contributed by atoms with van der Waals surface area (Å²) in [6.45, 7) is 4.46. The zero-order valence-electron chi connectivity index (χ0n) is 24.7. The van der Waals surface area contributed by atoms with Crippen molar-refractivity contribution in [2.75, 3.05) is 26.2 Å². The Morgan fingerprint density at radius 1 is 0.952 bits per heavy atom. The van der Waals surface area contributed by atoms with Crippen LogP contribution in [0, 0.1) is 11.3 Å². The lowest BCUT2D eigenvalue weighted by atomic mass is 9.54. The zero-order chi connectivity index (χ0) is 28.3. The van der Waals surface area contributed by atoms with Crippen molar-refractivity contribution in [1.29, 1.82) is 0 Å². The average molecular weight is 566 g/mol. The number of aromatic nitrogens is 2. The molecular formula is C36H45N4O2+. The Bertz CT molecular complexity index is 1590. The summed E-state index contributed by atoms with van der Waals surface area (Å²) in [7, 11) is 0. The molecule has 42 heavy (non-hydrogen) atoms. The maximum Gasteiger partial charge on any atom is 0.139 e. The molecule has 6 nitrogen and oxygen atoms in total. The molecule has 4 aliphatic heterocycles. The molecule has 7 atom stereocenters. The Morgan fingerprint density at radius 3 is 2.76 bits per heavy atom. The normalized spacial score (nSPS) is 38.3. The lowest BCUT2D eigenvalue weighted by Crippen LogP contribution is -3.20. The second kappa shape index (κ2) is 10.4. The Hall–Kier alpha value is -2.93. The number of piperidine rings is 1. The number of nitrogens with zero attached hydrogens (tertiary/aromatic N) is 2. The molecule has 6 heteroatoms. The number of aromatic amines is 1. The van der Waals surface area contributed by atoms with Crippen LogP contribution in [0.25, 0.3) is 27.4 Å².